The van der Waals surface area contributed by atoms with Crippen LogP contribution in [0.25, 0.3) is 0 Å². The van der Waals surface area contributed by atoms with Crippen LogP contribution in [0.1, 0.15) is 16.3 Å². The Morgan fingerprint density at radius 2 is 2.11 bits per heavy atom. The van der Waals surface area contributed by atoms with Crippen molar-refractivity contribution in [3.8, 4) is 0 Å². The summed E-state index contributed by atoms with van der Waals surface area (Å²) in [6.45, 7) is 1.72. The molecule has 196 valence electrons. The number of fused-ring (bicyclic) bond motifs is 1. The molecule has 1 fully saturated rings. The summed E-state index contributed by atoms with van der Waals surface area (Å²) in [5.41, 5.74) is 6.70. The van der Waals surface area contributed by atoms with Gasteiger partial charge in [-0.15, -0.1) is 34.4 Å². The molecule has 0 unspecified atom stereocenters. The molecule has 2 atom stereocenters. The maximum absolute atomic E-state index is 13.0. The largest absolute Gasteiger partial charge is 0.481 e. The molecule has 17 heteroatoms. The molecular weight excluding hydrogens is 565 g/mol. The monoisotopic (exact) mass is 584 g/mol. The molecule has 0 aromatic carbocycles. The van der Waals surface area contributed by atoms with Gasteiger partial charge in [-0.2, -0.15) is 0 Å². The zero-order valence-corrected chi connectivity index (χ0v) is 22.6. The van der Waals surface area contributed by atoms with E-state index in [0.717, 1.165) is 11.3 Å². The van der Waals surface area contributed by atoms with Gasteiger partial charge in [0.2, 0.25) is 0 Å². The number of nitrogens with zero attached hydrogens (tertiary/aromatic N) is 4. The van der Waals surface area contributed by atoms with E-state index < -0.39 is 35.2 Å². The number of anilines is 1. The summed E-state index contributed by atoms with van der Waals surface area (Å²) in [7, 11) is 1.26. The van der Waals surface area contributed by atoms with Crippen LogP contribution in [0.15, 0.2) is 26.1 Å². The molecule has 1 saturated heterocycles. The Hall–Kier alpha value is -3.15. The van der Waals surface area contributed by atoms with Crippen molar-refractivity contribution in [1.29, 1.82) is 0 Å². The number of nitrogens with two attached hydrogens (primary N) is 1. The highest BCUT2D eigenvalue weighted by atomic mass is 32.2. The Bertz CT molecular complexity index is 1340. The number of carboxylic acids is 2. The minimum Gasteiger partial charge on any atom is -0.481 e. The van der Waals surface area contributed by atoms with Gasteiger partial charge in [0.15, 0.2) is 15.2 Å². The highest BCUT2D eigenvalue weighted by Crippen LogP contribution is 2.42. The predicted molar refractivity (Wildman–Crippen MR) is 139 cm³/mol. The van der Waals surface area contributed by atoms with E-state index in [1.807, 2.05) is 0 Å². The van der Waals surface area contributed by atoms with E-state index >= 15 is 0 Å². The lowest BCUT2D eigenvalue weighted by Gasteiger charge is -2.49. The third kappa shape index (κ3) is 5.58. The van der Waals surface area contributed by atoms with Gasteiger partial charge in [-0.3, -0.25) is 19.3 Å². The van der Waals surface area contributed by atoms with E-state index in [4.69, 9.17) is 15.7 Å². The molecule has 5 N–H and O–H groups in total. The summed E-state index contributed by atoms with van der Waals surface area (Å²) in [4.78, 5) is 63.9. The normalized spacial score (nSPS) is 19.4. The van der Waals surface area contributed by atoms with E-state index in [1.54, 1.807) is 6.92 Å². The van der Waals surface area contributed by atoms with E-state index in [0.29, 0.717) is 26.2 Å². The zero-order valence-electron chi connectivity index (χ0n) is 19.3. The lowest BCUT2D eigenvalue weighted by Crippen LogP contribution is -2.71. The standard InChI is InChI=1S/C20H20N6O7S4/c1-7-10(3-11(27)28)37-20(22-7)36-5-8-4-34-17-13(16(30)26(17)14(8)18(31)32)24-15(29)12(25-33-2)9-6-35-19(21)23-9/h6,13,17H,3-5H2,1-2H3,(H2,21,23)(H,24,29)(H,27,28)(H,31,32)/b25-12+/t13-,17-/m1/s1. The summed E-state index contributed by atoms with van der Waals surface area (Å²) >= 11 is 4.98. The van der Waals surface area contributed by atoms with E-state index in [9.17, 15) is 24.3 Å². The Kier molecular flexibility index (Phi) is 8.05. The van der Waals surface area contributed by atoms with E-state index in [2.05, 4.69) is 20.4 Å². The maximum Gasteiger partial charge on any atom is 0.352 e. The molecule has 0 saturated carbocycles. The predicted octanol–water partition coefficient (Wildman–Crippen LogP) is 0.999. The van der Waals surface area contributed by atoms with Crippen LogP contribution in [0.5, 0.6) is 0 Å². The van der Waals surface area contributed by atoms with Gasteiger partial charge < -0.3 is 26.1 Å². The number of β-lactam (4-membered cyclic amide) rings is 1. The number of thioether (sulfide) groups is 2. The van der Waals surface area contributed by atoms with Crippen molar-refractivity contribution in [3.63, 3.8) is 0 Å². The molecule has 37 heavy (non-hydrogen) atoms. The molecule has 2 aliphatic rings. The van der Waals surface area contributed by atoms with Crippen molar-refractivity contribution in [1.82, 2.24) is 20.2 Å². The average Bonchev–Trinajstić information content (AvgIpc) is 3.42. The van der Waals surface area contributed by atoms with Gasteiger partial charge in [0.25, 0.3) is 11.8 Å². The van der Waals surface area contributed by atoms with Crippen LogP contribution >= 0.6 is 46.2 Å². The van der Waals surface area contributed by atoms with E-state index in [-0.39, 0.29) is 34.4 Å². The number of carbonyl (C=O) groups is 4. The van der Waals surface area contributed by atoms with Crippen molar-refractivity contribution in [2.45, 2.75) is 29.1 Å². The third-order valence-electron chi connectivity index (χ3n) is 5.25. The first kappa shape index (κ1) is 26.9. The highest BCUT2D eigenvalue weighted by molar-refractivity contribution is 8.01. The molecular formula is C20H20N6O7S4. The number of hydrogen-bond donors (Lipinski definition) is 4. The molecule has 0 radical (unpaired) electrons. The van der Waals surface area contributed by atoms with E-state index in [1.165, 1.54) is 52.3 Å². The minimum absolute atomic E-state index is 0.121. The number of rotatable bonds is 10. The molecule has 0 aliphatic carbocycles. The number of nitrogens with one attached hydrogen (secondary N) is 1. The van der Waals surface area contributed by atoms with Crippen LogP contribution in [-0.2, 0) is 30.4 Å². The molecule has 2 aromatic rings. The van der Waals surface area contributed by atoms with Crippen LogP contribution in [-0.4, -0.2) is 84.6 Å². The van der Waals surface area contributed by atoms with Gasteiger partial charge in [-0.25, -0.2) is 14.8 Å². The lowest BCUT2D eigenvalue weighted by molar-refractivity contribution is -0.150. The summed E-state index contributed by atoms with van der Waals surface area (Å²) in [5, 5.41) is 26.3. The van der Waals surface area contributed by atoms with Crippen molar-refractivity contribution < 1.29 is 34.2 Å². The molecule has 0 bridgehead atoms. The molecule has 13 nitrogen and oxygen atoms in total. The molecule has 2 aromatic heterocycles. The zero-order chi connectivity index (χ0) is 26.9. The second-order valence-electron chi connectivity index (χ2n) is 7.66. The summed E-state index contributed by atoms with van der Waals surface area (Å²) in [6, 6.07) is -0.959. The average molecular weight is 585 g/mol. The smallest absolute Gasteiger partial charge is 0.352 e. The number of carbonyl (C=O) groups excluding carboxylic acids is 2. The number of aromatic nitrogens is 2. The fourth-order valence-electron chi connectivity index (χ4n) is 3.61. The third-order valence-corrected chi connectivity index (χ3v) is 9.65. The number of oxime groups is 1. The van der Waals surface area contributed by atoms with Gasteiger partial charge in [0, 0.05) is 21.8 Å². The molecule has 4 rings (SSSR count). The number of carboxylic acid groups (broad SMARTS) is 2. The quantitative estimate of drug-likeness (QED) is 0.134. The number of nitrogen functional groups attached to an aromatic ring is 1. The Morgan fingerprint density at radius 3 is 2.73 bits per heavy atom. The SMILES string of the molecule is CO/N=C(/C(=O)N[C@@H]1C(=O)N2C(C(=O)O)=C(CSc3nc(C)c(CC(=O)O)s3)CS[C@H]12)c1csc(N)n1. The van der Waals surface area contributed by atoms with Crippen molar-refractivity contribution in [3.05, 3.63) is 32.9 Å². The van der Waals surface area contributed by atoms with Gasteiger partial charge in [0.1, 0.15) is 29.9 Å². The van der Waals surface area contributed by atoms with Crippen LogP contribution in [0.3, 0.4) is 0 Å². The molecule has 2 aliphatic heterocycles. The maximum atomic E-state index is 13.0. The fourth-order valence-corrected chi connectivity index (χ4v) is 7.87. The first-order valence-electron chi connectivity index (χ1n) is 10.4. The second-order valence-corrected chi connectivity index (χ2v) is 12.0. The topological polar surface area (TPSA) is 197 Å². The van der Waals surface area contributed by atoms with Crippen molar-refractivity contribution in [2.24, 2.45) is 5.16 Å². The number of aliphatic carboxylic acids is 2. The summed E-state index contributed by atoms with van der Waals surface area (Å²) < 4.78 is 0.617. The van der Waals surface area contributed by atoms with Crippen LogP contribution in [0.4, 0.5) is 5.13 Å². The Morgan fingerprint density at radius 1 is 1.35 bits per heavy atom. The lowest BCUT2D eigenvalue weighted by atomic mass is 10.0. The number of amides is 2. The Labute approximate surface area is 226 Å². The van der Waals surface area contributed by atoms with Gasteiger partial charge in [0.05, 0.1) is 12.1 Å². The number of aryl methyl sites for hydroxylation is 1. The van der Waals surface area contributed by atoms with Crippen molar-refractivity contribution in [2.75, 3.05) is 24.3 Å². The summed E-state index contributed by atoms with van der Waals surface area (Å²) in [5.74, 6) is -2.89. The number of hydrogen-bond acceptors (Lipinski definition) is 13. The second kappa shape index (κ2) is 11.1. The van der Waals surface area contributed by atoms with Crippen molar-refractivity contribution >= 4 is 80.8 Å². The first-order chi connectivity index (χ1) is 17.6. The van der Waals surface area contributed by atoms with Crippen LogP contribution in [0.2, 0.25) is 0 Å². The van der Waals surface area contributed by atoms with Gasteiger partial charge in [-0.05, 0) is 12.5 Å². The molecule has 4 heterocycles. The van der Waals surface area contributed by atoms with Gasteiger partial charge >= 0.3 is 11.9 Å². The number of thiazole rings is 2. The summed E-state index contributed by atoms with van der Waals surface area (Å²) in [6.07, 6.45) is -0.132. The Balaban J connectivity index is 1.47. The van der Waals surface area contributed by atoms with Crippen LogP contribution < -0.4 is 11.1 Å². The first-order valence-corrected chi connectivity index (χ1v) is 14.2. The molecule has 2 amide bonds. The fraction of sp³-hybridized carbons (Fsp3) is 0.350. The van der Waals surface area contributed by atoms with Crippen LogP contribution in [0, 0.1) is 6.92 Å². The minimum atomic E-state index is -1.25. The van der Waals surface area contributed by atoms with Gasteiger partial charge in [-0.1, -0.05) is 16.9 Å². The molecule has 0 spiro atoms. The highest BCUT2D eigenvalue weighted by Gasteiger charge is 2.54.